The third-order valence-corrected chi connectivity index (χ3v) is 3.21. The summed E-state index contributed by atoms with van der Waals surface area (Å²) in [7, 11) is 0. The molecule has 0 spiro atoms. The molecule has 3 nitrogen and oxygen atoms in total. The lowest BCUT2D eigenvalue weighted by atomic mass is 9.87. The predicted molar refractivity (Wildman–Crippen MR) is 65.3 cm³/mol. The predicted octanol–water partition coefficient (Wildman–Crippen LogP) is 1.45. The van der Waals surface area contributed by atoms with E-state index in [1.807, 2.05) is 13.0 Å². The minimum Gasteiger partial charge on any atom is -0.508 e. The Kier molecular flexibility index (Phi) is 4.77. The molecular weight excluding hydrogens is 202 g/mol. The summed E-state index contributed by atoms with van der Waals surface area (Å²) < 4.78 is 0. The van der Waals surface area contributed by atoms with Gasteiger partial charge in [0.1, 0.15) is 5.75 Å². The number of phenolic OH excluding ortho intramolecular Hbond substituents is 1. The maximum absolute atomic E-state index is 9.31. The highest BCUT2D eigenvalue weighted by Crippen LogP contribution is 2.21. The van der Waals surface area contributed by atoms with E-state index < -0.39 is 0 Å². The summed E-state index contributed by atoms with van der Waals surface area (Å²) in [5.41, 5.74) is 7.89. The van der Waals surface area contributed by atoms with Crippen LogP contribution in [0.2, 0.25) is 0 Å². The zero-order valence-electron chi connectivity index (χ0n) is 9.98. The molecule has 1 aromatic rings. The molecule has 0 saturated heterocycles. The Labute approximate surface area is 96.9 Å². The SMILES string of the molecule is Cc1cc(O)ccc1CC(C)C(CN)CO. The van der Waals surface area contributed by atoms with Crippen LogP contribution in [0.5, 0.6) is 5.75 Å². The van der Waals surface area contributed by atoms with Gasteiger partial charge in [-0.15, -0.1) is 0 Å². The quantitative estimate of drug-likeness (QED) is 0.707. The molecular formula is C13H21NO2. The molecule has 0 bridgehead atoms. The zero-order valence-corrected chi connectivity index (χ0v) is 9.98. The fraction of sp³-hybridized carbons (Fsp3) is 0.538. The van der Waals surface area contributed by atoms with Crippen molar-refractivity contribution in [3.05, 3.63) is 29.3 Å². The average molecular weight is 223 g/mol. The van der Waals surface area contributed by atoms with Gasteiger partial charge in [-0.2, -0.15) is 0 Å². The molecule has 0 aliphatic rings. The molecule has 0 radical (unpaired) electrons. The number of aryl methyl sites for hydroxylation is 1. The second-order valence-corrected chi connectivity index (χ2v) is 4.47. The van der Waals surface area contributed by atoms with Crippen LogP contribution >= 0.6 is 0 Å². The van der Waals surface area contributed by atoms with Crippen LogP contribution < -0.4 is 5.73 Å². The summed E-state index contributed by atoms with van der Waals surface area (Å²) in [5.74, 6) is 0.790. The van der Waals surface area contributed by atoms with Crippen molar-refractivity contribution in [2.75, 3.05) is 13.2 Å². The van der Waals surface area contributed by atoms with Crippen LogP contribution in [0.3, 0.4) is 0 Å². The number of aliphatic hydroxyl groups is 1. The Bertz CT molecular complexity index is 335. The van der Waals surface area contributed by atoms with Crippen molar-refractivity contribution >= 4 is 0 Å². The van der Waals surface area contributed by atoms with Crippen LogP contribution in [0.1, 0.15) is 18.1 Å². The van der Waals surface area contributed by atoms with E-state index in [4.69, 9.17) is 10.8 Å². The van der Waals surface area contributed by atoms with Gasteiger partial charge in [-0.3, -0.25) is 0 Å². The molecule has 1 rings (SSSR count). The Balaban J connectivity index is 2.72. The average Bonchev–Trinajstić information content (AvgIpc) is 2.24. The second-order valence-electron chi connectivity index (χ2n) is 4.47. The summed E-state index contributed by atoms with van der Waals surface area (Å²) in [6, 6.07) is 5.40. The van der Waals surface area contributed by atoms with E-state index in [1.165, 1.54) is 5.56 Å². The van der Waals surface area contributed by atoms with E-state index >= 15 is 0 Å². The molecule has 0 aliphatic carbocycles. The van der Waals surface area contributed by atoms with Crippen molar-refractivity contribution in [2.45, 2.75) is 20.3 Å². The molecule has 0 aliphatic heterocycles. The molecule has 2 atom stereocenters. The van der Waals surface area contributed by atoms with E-state index in [1.54, 1.807) is 12.1 Å². The summed E-state index contributed by atoms with van der Waals surface area (Å²) in [6.45, 7) is 4.72. The molecule has 0 heterocycles. The topological polar surface area (TPSA) is 66.5 Å². The summed E-state index contributed by atoms with van der Waals surface area (Å²) in [6.07, 6.45) is 0.883. The van der Waals surface area contributed by atoms with Crippen LogP contribution in [0, 0.1) is 18.8 Å². The molecule has 4 N–H and O–H groups in total. The first-order valence-electron chi connectivity index (χ1n) is 5.68. The first kappa shape index (κ1) is 13.0. The maximum atomic E-state index is 9.31. The minimum atomic E-state index is 0.134. The van der Waals surface area contributed by atoms with Gasteiger partial charge in [-0.25, -0.2) is 0 Å². The number of benzene rings is 1. The van der Waals surface area contributed by atoms with Crippen LogP contribution in [0.15, 0.2) is 18.2 Å². The normalized spacial score (nSPS) is 14.8. The van der Waals surface area contributed by atoms with Gasteiger partial charge >= 0.3 is 0 Å². The number of rotatable bonds is 5. The van der Waals surface area contributed by atoms with Crippen molar-refractivity contribution in [3.8, 4) is 5.75 Å². The number of hydrogen-bond acceptors (Lipinski definition) is 3. The molecule has 2 unspecified atom stereocenters. The zero-order chi connectivity index (χ0) is 12.1. The lowest BCUT2D eigenvalue weighted by Gasteiger charge is -2.21. The van der Waals surface area contributed by atoms with Gasteiger partial charge < -0.3 is 15.9 Å². The van der Waals surface area contributed by atoms with Gasteiger partial charge in [0.25, 0.3) is 0 Å². The Morgan fingerprint density at radius 1 is 1.38 bits per heavy atom. The standard InChI is InChI=1S/C13H21NO2/c1-9(12(7-14)8-15)5-11-3-4-13(16)6-10(11)2/h3-4,6,9,12,15-16H,5,7-8,14H2,1-2H3. The Morgan fingerprint density at radius 2 is 2.06 bits per heavy atom. The van der Waals surface area contributed by atoms with Crippen molar-refractivity contribution in [3.63, 3.8) is 0 Å². The van der Waals surface area contributed by atoms with E-state index in [9.17, 15) is 5.11 Å². The number of phenols is 1. The number of aromatic hydroxyl groups is 1. The fourth-order valence-corrected chi connectivity index (χ4v) is 1.91. The minimum absolute atomic E-state index is 0.134. The molecule has 3 heteroatoms. The van der Waals surface area contributed by atoms with Crippen LogP contribution in [0.4, 0.5) is 0 Å². The fourth-order valence-electron chi connectivity index (χ4n) is 1.91. The van der Waals surface area contributed by atoms with Crippen LogP contribution in [-0.2, 0) is 6.42 Å². The smallest absolute Gasteiger partial charge is 0.115 e. The van der Waals surface area contributed by atoms with Gasteiger partial charge in [0.15, 0.2) is 0 Å². The van der Waals surface area contributed by atoms with Crippen LogP contribution in [0.25, 0.3) is 0 Å². The molecule has 16 heavy (non-hydrogen) atoms. The maximum Gasteiger partial charge on any atom is 0.115 e. The highest BCUT2D eigenvalue weighted by molar-refractivity contribution is 5.34. The monoisotopic (exact) mass is 223 g/mol. The number of nitrogens with two attached hydrogens (primary N) is 1. The summed E-state index contributed by atoms with van der Waals surface area (Å²) >= 11 is 0. The van der Waals surface area contributed by atoms with Crippen molar-refractivity contribution in [2.24, 2.45) is 17.6 Å². The van der Waals surface area contributed by atoms with E-state index in [-0.39, 0.29) is 12.5 Å². The highest BCUT2D eigenvalue weighted by Gasteiger charge is 2.16. The van der Waals surface area contributed by atoms with Gasteiger partial charge in [-0.05, 0) is 55.0 Å². The van der Waals surface area contributed by atoms with Crippen LogP contribution in [-0.4, -0.2) is 23.4 Å². The van der Waals surface area contributed by atoms with Crippen molar-refractivity contribution in [1.29, 1.82) is 0 Å². The van der Waals surface area contributed by atoms with E-state index in [0.29, 0.717) is 18.2 Å². The Hall–Kier alpha value is -1.06. The molecule has 0 aromatic heterocycles. The first-order chi connectivity index (χ1) is 7.58. The Morgan fingerprint density at radius 3 is 2.56 bits per heavy atom. The van der Waals surface area contributed by atoms with Gasteiger partial charge in [0.05, 0.1) is 0 Å². The number of aliphatic hydroxyl groups excluding tert-OH is 1. The van der Waals surface area contributed by atoms with Gasteiger partial charge in [0, 0.05) is 6.61 Å². The molecule has 1 aromatic carbocycles. The largest absolute Gasteiger partial charge is 0.508 e. The molecule has 0 saturated carbocycles. The highest BCUT2D eigenvalue weighted by atomic mass is 16.3. The van der Waals surface area contributed by atoms with Crippen molar-refractivity contribution < 1.29 is 10.2 Å². The van der Waals surface area contributed by atoms with E-state index in [2.05, 4.69) is 6.92 Å². The van der Waals surface area contributed by atoms with Crippen molar-refractivity contribution in [1.82, 2.24) is 0 Å². The summed E-state index contributed by atoms with van der Waals surface area (Å²) in [5, 5.41) is 18.5. The second kappa shape index (κ2) is 5.87. The van der Waals surface area contributed by atoms with Gasteiger partial charge in [-0.1, -0.05) is 13.0 Å². The molecule has 0 fully saturated rings. The third-order valence-electron chi connectivity index (χ3n) is 3.21. The summed E-state index contributed by atoms with van der Waals surface area (Å²) in [4.78, 5) is 0. The lowest BCUT2D eigenvalue weighted by molar-refractivity contribution is 0.187. The molecule has 90 valence electrons. The number of hydrogen-bond donors (Lipinski definition) is 3. The third kappa shape index (κ3) is 3.22. The van der Waals surface area contributed by atoms with E-state index in [0.717, 1.165) is 12.0 Å². The first-order valence-corrected chi connectivity index (χ1v) is 5.68. The van der Waals surface area contributed by atoms with Gasteiger partial charge in [0.2, 0.25) is 0 Å². The molecule has 0 amide bonds. The lowest BCUT2D eigenvalue weighted by Crippen LogP contribution is -2.26.